The number of hydrogen-bond donors (Lipinski definition) is 2. The van der Waals surface area contributed by atoms with Crippen molar-refractivity contribution in [3.8, 4) is 17.2 Å². The average Bonchev–Trinajstić information content (AvgIpc) is 3.28. The van der Waals surface area contributed by atoms with Gasteiger partial charge >= 0.3 is 6.18 Å². The molecule has 192 valence electrons. The fraction of sp³-hybridized carbons (Fsp3) is 0.333. The zero-order valence-electron chi connectivity index (χ0n) is 19.9. The van der Waals surface area contributed by atoms with Crippen molar-refractivity contribution in [1.29, 1.82) is 0 Å². The van der Waals surface area contributed by atoms with Crippen LogP contribution in [0.1, 0.15) is 40.0 Å². The predicted molar refractivity (Wildman–Crippen MR) is 129 cm³/mol. The molecule has 4 rings (SSSR count). The molecule has 0 radical (unpaired) electrons. The highest BCUT2D eigenvalue weighted by molar-refractivity contribution is 6.31. The van der Waals surface area contributed by atoms with Gasteiger partial charge in [0.1, 0.15) is 11.4 Å². The Balaban J connectivity index is 1.75. The number of rotatable bonds is 6. The van der Waals surface area contributed by atoms with Crippen molar-refractivity contribution < 1.29 is 32.2 Å². The number of benzene rings is 2. The van der Waals surface area contributed by atoms with Gasteiger partial charge in [-0.1, -0.05) is 17.7 Å². The zero-order valence-corrected chi connectivity index (χ0v) is 20.6. The second-order valence-corrected chi connectivity index (χ2v) is 8.57. The first-order valence-electron chi connectivity index (χ1n) is 10.9. The monoisotopic (exact) mass is 524 g/mol. The minimum absolute atomic E-state index is 0.0410. The first-order valence-corrected chi connectivity index (χ1v) is 11.2. The third-order valence-electron chi connectivity index (χ3n) is 6.09. The van der Waals surface area contributed by atoms with Gasteiger partial charge in [-0.25, -0.2) is 4.68 Å². The summed E-state index contributed by atoms with van der Waals surface area (Å²) in [4.78, 5) is 13.1. The number of methoxy groups -OCH3 is 3. The average molecular weight is 525 g/mol. The molecule has 2 unspecified atom stereocenters. The summed E-state index contributed by atoms with van der Waals surface area (Å²) in [5.41, 5.74) is 1.49. The predicted octanol–water partition coefficient (Wildman–Crippen LogP) is 5.78. The van der Waals surface area contributed by atoms with Gasteiger partial charge in [0.2, 0.25) is 5.75 Å². The molecule has 1 amide bonds. The van der Waals surface area contributed by atoms with Gasteiger partial charge < -0.3 is 24.8 Å². The summed E-state index contributed by atoms with van der Waals surface area (Å²) in [6, 6.07) is 5.34. The number of hydrogen-bond acceptors (Lipinski definition) is 6. The van der Waals surface area contributed by atoms with Crippen LogP contribution in [0.3, 0.4) is 0 Å². The molecule has 0 saturated carbocycles. The molecular weight excluding hydrogens is 501 g/mol. The van der Waals surface area contributed by atoms with Crippen LogP contribution in [-0.4, -0.2) is 43.2 Å². The van der Waals surface area contributed by atoms with Crippen molar-refractivity contribution in [3.63, 3.8) is 0 Å². The SMILES string of the molecule is COc1cc(C2CC(C(F)(F)F)n3ncc(C(=O)Nc4cccc(Cl)c4C)c3N2)cc(OC)c1OC. The smallest absolute Gasteiger partial charge is 0.410 e. The number of aromatic nitrogens is 2. The van der Waals surface area contributed by atoms with E-state index in [1.807, 2.05) is 0 Å². The van der Waals surface area contributed by atoms with E-state index in [1.54, 1.807) is 37.3 Å². The number of carbonyl (C=O) groups is 1. The van der Waals surface area contributed by atoms with Crippen molar-refractivity contribution in [3.05, 3.63) is 58.2 Å². The molecule has 12 heteroatoms. The number of fused-ring (bicyclic) bond motifs is 1. The van der Waals surface area contributed by atoms with Gasteiger partial charge in [0.15, 0.2) is 17.5 Å². The molecule has 2 N–H and O–H groups in total. The van der Waals surface area contributed by atoms with E-state index in [0.29, 0.717) is 39.1 Å². The van der Waals surface area contributed by atoms with Crippen LogP contribution in [0.5, 0.6) is 17.2 Å². The second kappa shape index (κ2) is 9.81. The Morgan fingerprint density at radius 3 is 2.42 bits per heavy atom. The van der Waals surface area contributed by atoms with Gasteiger partial charge in [0.25, 0.3) is 5.91 Å². The lowest BCUT2D eigenvalue weighted by Gasteiger charge is -2.34. The first kappa shape index (κ1) is 25.5. The lowest BCUT2D eigenvalue weighted by molar-refractivity contribution is -0.173. The summed E-state index contributed by atoms with van der Waals surface area (Å²) in [7, 11) is 4.27. The van der Waals surface area contributed by atoms with Gasteiger partial charge in [-0.05, 0) is 42.3 Å². The molecule has 0 spiro atoms. The number of carbonyl (C=O) groups excluding carboxylic acids is 1. The molecule has 0 fully saturated rings. The number of ether oxygens (including phenoxy) is 3. The molecule has 8 nitrogen and oxygen atoms in total. The Bertz CT molecular complexity index is 1270. The summed E-state index contributed by atoms with van der Waals surface area (Å²) < 4.78 is 59.1. The summed E-state index contributed by atoms with van der Waals surface area (Å²) >= 11 is 6.13. The van der Waals surface area contributed by atoms with Crippen molar-refractivity contribution in [2.75, 3.05) is 32.0 Å². The van der Waals surface area contributed by atoms with Crippen LogP contribution < -0.4 is 24.8 Å². The number of amides is 1. The van der Waals surface area contributed by atoms with Gasteiger partial charge in [-0.15, -0.1) is 0 Å². The molecule has 2 heterocycles. The summed E-state index contributed by atoms with van der Waals surface area (Å²) in [5.74, 6) is 0.227. The van der Waals surface area contributed by atoms with E-state index < -0.39 is 24.2 Å². The lowest BCUT2D eigenvalue weighted by atomic mass is 9.95. The zero-order chi connectivity index (χ0) is 26.2. The van der Waals surface area contributed by atoms with E-state index in [9.17, 15) is 18.0 Å². The summed E-state index contributed by atoms with van der Waals surface area (Å²) in [5, 5.41) is 10.1. The van der Waals surface area contributed by atoms with Gasteiger partial charge in [0.05, 0.1) is 33.6 Å². The minimum Gasteiger partial charge on any atom is -0.493 e. The van der Waals surface area contributed by atoms with Gasteiger partial charge in [0, 0.05) is 17.1 Å². The lowest BCUT2D eigenvalue weighted by Crippen LogP contribution is -2.36. The minimum atomic E-state index is -4.61. The van der Waals surface area contributed by atoms with Crippen LogP contribution >= 0.6 is 11.6 Å². The maximum atomic E-state index is 14.1. The third-order valence-corrected chi connectivity index (χ3v) is 6.50. The quantitative estimate of drug-likeness (QED) is 0.425. The number of halogens is 4. The molecular formula is C24H24ClF3N4O4. The summed E-state index contributed by atoms with van der Waals surface area (Å²) in [6.45, 7) is 1.73. The van der Waals surface area contributed by atoms with Gasteiger partial charge in [-0.3, -0.25) is 4.79 Å². The molecule has 0 aliphatic carbocycles. The number of alkyl halides is 3. The first-order chi connectivity index (χ1) is 17.1. The standard InChI is InChI=1S/C24H24ClF3N4O4/c1-12-15(25)6-5-7-16(12)31-23(33)14-11-29-32-20(24(26,27)28)10-17(30-22(14)32)13-8-18(34-2)21(36-4)19(9-13)35-3/h5-9,11,17,20,30H,10H2,1-4H3,(H,31,33). The fourth-order valence-electron chi connectivity index (χ4n) is 4.18. The largest absolute Gasteiger partial charge is 0.493 e. The molecule has 1 aliphatic rings. The van der Waals surface area contributed by atoms with E-state index in [2.05, 4.69) is 15.7 Å². The van der Waals surface area contributed by atoms with Crippen LogP contribution in [-0.2, 0) is 0 Å². The molecule has 36 heavy (non-hydrogen) atoms. The van der Waals surface area contributed by atoms with E-state index in [4.69, 9.17) is 25.8 Å². The highest BCUT2D eigenvalue weighted by Crippen LogP contribution is 2.47. The highest BCUT2D eigenvalue weighted by Gasteiger charge is 2.47. The Hall–Kier alpha value is -3.60. The normalized spacial score (nSPS) is 17.1. The van der Waals surface area contributed by atoms with E-state index in [0.717, 1.165) is 10.9 Å². The Kier molecular flexibility index (Phi) is 6.94. The van der Waals surface area contributed by atoms with Crippen LogP contribution in [0.15, 0.2) is 36.5 Å². The maximum absolute atomic E-state index is 14.1. The molecule has 0 saturated heterocycles. The van der Waals surface area contributed by atoms with Crippen LogP contribution in [0.25, 0.3) is 0 Å². The second-order valence-electron chi connectivity index (χ2n) is 8.17. The van der Waals surface area contributed by atoms with Gasteiger partial charge in [-0.2, -0.15) is 18.3 Å². The van der Waals surface area contributed by atoms with Crippen LogP contribution in [0.2, 0.25) is 5.02 Å². The number of nitrogens with zero attached hydrogens (tertiary/aromatic N) is 2. The Labute approximate surface area is 210 Å². The third kappa shape index (κ3) is 4.62. The van der Waals surface area contributed by atoms with E-state index in [1.165, 1.54) is 21.3 Å². The van der Waals surface area contributed by atoms with Crippen molar-refractivity contribution in [2.24, 2.45) is 0 Å². The molecule has 2 aromatic carbocycles. The molecule has 1 aliphatic heterocycles. The van der Waals surface area contributed by atoms with E-state index >= 15 is 0 Å². The highest BCUT2D eigenvalue weighted by atomic mass is 35.5. The Morgan fingerprint density at radius 2 is 1.83 bits per heavy atom. The number of anilines is 2. The molecule has 3 aromatic rings. The fourth-order valence-corrected chi connectivity index (χ4v) is 4.36. The van der Waals surface area contributed by atoms with Crippen molar-refractivity contribution >= 4 is 29.0 Å². The van der Waals surface area contributed by atoms with Crippen LogP contribution in [0.4, 0.5) is 24.7 Å². The van der Waals surface area contributed by atoms with Crippen molar-refractivity contribution in [2.45, 2.75) is 31.6 Å². The summed E-state index contributed by atoms with van der Waals surface area (Å²) in [6.07, 6.45) is -3.86. The molecule has 0 bridgehead atoms. The van der Waals surface area contributed by atoms with E-state index in [-0.39, 0.29) is 17.8 Å². The van der Waals surface area contributed by atoms with Crippen molar-refractivity contribution in [1.82, 2.24) is 9.78 Å². The van der Waals surface area contributed by atoms with Crippen LogP contribution in [0, 0.1) is 6.92 Å². The topological polar surface area (TPSA) is 86.6 Å². The molecule has 1 aromatic heterocycles. The molecule has 2 atom stereocenters. The number of nitrogens with one attached hydrogen (secondary N) is 2. The maximum Gasteiger partial charge on any atom is 0.410 e. The Morgan fingerprint density at radius 1 is 1.17 bits per heavy atom.